The summed E-state index contributed by atoms with van der Waals surface area (Å²) >= 11 is 0. The molecule has 0 fully saturated rings. The molecule has 0 saturated carbocycles. The summed E-state index contributed by atoms with van der Waals surface area (Å²) in [6.45, 7) is 20.7. The van der Waals surface area contributed by atoms with Crippen LogP contribution in [0.5, 0.6) is 11.5 Å². The maximum Gasteiger partial charge on any atom is 0.129 e. The van der Waals surface area contributed by atoms with E-state index in [0.29, 0.717) is 8.81 Å². The van der Waals surface area contributed by atoms with E-state index in [2.05, 4.69) is 62.3 Å². The Morgan fingerprint density at radius 1 is 0.853 bits per heavy atom. The maximum atomic E-state index is 6.77. The minimum absolute atomic E-state index is 0.0329. The van der Waals surface area contributed by atoms with Crippen molar-refractivity contribution in [3.05, 3.63) is 22.3 Å². The molecule has 0 radical (unpaired) electrons. The molecule has 0 amide bonds. The molecule has 2 rings (SSSR count). The molecule has 1 aliphatic rings. The zero-order valence-electron chi connectivity index (χ0n) is 24.0. The number of rotatable bonds is 15. The molecule has 0 saturated heterocycles. The number of fused-ring (bicyclic) bond motifs is 1. The number of benzene rings is 1. The topological polar surface area (TPSA) is 18.5 Å². The Morgan fingerprint density at radius 3 is 2.03 bits per heavy atom. The molecule has 0 aliphatic carbocycles. The van der Waals surface area contributed by atoms with E-state index < -0.39 is 0 Å². The molecule has 0 N–H and O–H groups in total. The molecular formula is C31H55O2P. The third kappa shape index (κ3) is 8.72. The first-order valence-corrected chi connectivity index (χ1v) is 15.4. The van der Waals surface area contributed by atoms with Crippen LogP contribution in [0.15, 0.2) is 0 Å². The molecule has 1 aromatic rings. The Hall–Kier alpha value is -0.750. The summed E-state index contributed by atoms with van der Waals surface area (Å²) in [6.07, 6.45) is 15.4. The van der Waals surface area contributed by atoms with Crippen LogP contribution in [0.25, 0.3) is 0 Å². The van der Waals surface area contributed by atoms with Crippen LogP contribution in [-0.2, 0) is 6.42 Å². The van der Waals surface area contributed by atoms with Gasteiger partial charge in [0.25, 0.3) is 0 Å². The van der Waals surface area contributed by atoms with E-state index in [1.807, 2.05) is 0 Å². The molecule has 1 aromatic carbocycles. The van der Waals surface area contributed by atoms with Gasteiger partial charge in [0.2, 0.25) is 0 Å². The highest BCUT2D eigenvalue weighted by molar-refractivity contribution is 7.32. The van der Waals surface area contributed by atoms with Crippen LogP contribution in [0.2, 0.25) is 0 Å². The van der Waals surface area contributed by atoms with Crippen LogP contribution in [0.1, 0.15) is 128 Å². The molecule has 34 heavy (non-hydrogen) atoms. The zero-order chi connectivity index (χ0) is 25.3. The van der Waals surface area contributed by atoms with Gasteiger partial charge in [-0.3, -0.25) is 0 Å². The number of ether oxygens (including phenoxy) is 1. The SMILES string of the molecule is CCPOc1c(C)c(C)c2c(c1C)CC[C@@](C)(CCC[C@H](C)CCC[C@H](C)CCCC(C)C)O2. The third-order valence-corrected chi connectivity index (χ3v) is 8.79. The van der Waals surface area contributed by atoms with Crippen molar-refractivity contribution in [3.63, 3.8) is 0 Å². The minimum Gasteiger partial charge on any atom is -0.487 e. The second kappa shape index (κ2) is 14.1. The van der Waals surface area contributed by atoms with Gasteiger partial charge in [0.15, 0.2) is 0 Å². The van der Waals surface area contributed by atoms with E-state index in [1.165, 1.54) is 73.6 Å². The van der Waals surface area contributed by atoms with Crippen molar-refractivity contribution >= 4 is 8.81 Å². The van der Waals surface area contributed by atoms with Crippen molar-refractivity contribution in [2.75, 3.05) is 6.16 Å². The van der Waals surface area contributed by atoms with Gasteiger partial charge < -0.3 is 9.26 Å². The van der Waals surface area contributed by atoms with Crippen LogP contribution in [0, 0.1) is 38.5 Å². The van der Waals surface area contributed by atoms with Crippen molar-refractivity contribution < 1.29 is 9.26 Å². The summed E-state index contributed by atoms with van der Waals surface area (Å²) in [5.41, 5.74) is 5.18. The van der Waals surface area contributed by atoms with Crippen LogP contribution >= 0.6 is 8.81 Å². The van der Waals surface area contributed by atoms with Gasteiger partial charge in [-0.25, -0.2) is 0 Å². The first-order chi connectivity index (χ1) is 16.1. The lowest BCUT2D eigenvalue weighted by molar-refractivity contribution is 0.0512. The average Bonchev–Trinajstić information content (AvgIpc) is 2.77. The van der Waals surface area contributed by atoms with Crippen molar-refractivity contribution in [2.45, 2.75) is 139 Å². The second-order valence-electron chi connectivity index (χ2n) is 12.0. The molecule has 0 bridgehead atoms. The van der Waals surface area contributed by atoms with E-state index in [9.17, 15) is 0 Å². The third-order valence-electron chi connectivity index (χ3n) is 8.16. The first-order valence-electron chi connectivity index (χ1n) is 14.3. The van der Waals surface area contributed by atoms with Crippen molar-refractivity contribution in [2.24, 2.45) is 17.8 Å². The van der Waals surface area contributed by atoms with Gasteiger partial charge >= 0.3 is 0 Å². The van der Waals surface area contributed by atoms with E-state index >= 15 is 0 Å². The molecule has 3 heteroatoms. The van der Waals surface area contributed by atoms with Crippen molar-refractivity contribution in [3.8, 4) is 11.5 Å². The van der Waals surface area contributed by atoms with Gasteiger partial charge in [0.05, 0.1) is 8.81 Å². The molecule has 0 aromatic heterocycles. The molecular weight excluding hydrogens is 435 g/mol. The van der Waals surface area contributed by atoms with Crippen LogP contribution < -0.4 is 9.26 Å². The Kier molecular flexibility index (Phi) is 12.2. The smallest absolute Gasteiger partial charge is 0.129 e. The van der Waals surface area contributed by atoms with Gasteiger partial charge in [-0.05, 0) is 94.0 Å². The van der Waals surface area contributed by atoms with Crippen molar-refractivity contribution in [1.29, 1.82) is 0 Å². The van der Waals surface area contributed by atoms with Crippen molar-refractivity contribution in [1.82, 2.24) is 0 Å². The predicted octanol–water partition coefficient (Wildman–Crippen LogP) is 10.1. The Morgan fingerprint density at radius 2 is 1.44 bits per heavy atom. The molecule has 0 spiro atoms. The van der Waals surface area contributed by atoms with Gasteiger partial charge in [0, 0.05) is 5.56 Å². The molecule has 1 heterocycles. The Balaban J connectivity index is 1.80. The Bertz CT molecular complexity index is 757. The summed E-state index contributed by atoms with van der Waals surface area (Å²) in [4.78, 5) is 0. The van der Waals surface area contributed by atoms with Gasteiger partial charge in [-0.1, -0.05) is 79.6 Å². The van der Waals surface area contributed by atoms with Gasteiger partial charge in [-0.15, -0.1) is 0 Å². The Labute approximate surface area is 214 Å². The zero-order valence-corrected chi connectivity index (χ0v) is 25.0. The summed E-state index contributed by atoms with van der Waals surface area (Å²) < 4.78 is 12.9. The van der Waals surface area contributed by atoms with Crippen LogP contribution in [0.3, 0.4) is 0 Å². The first kappa shape index (κ1) is 29.5. The molecule has 1 aliphatic heterocycles. The number of hydrogen-bond donors (Lipinski definition) is 0. The molecule has 1 unspecified atom stereocenters. The standard InChI is InChI=1S/C31H55O2P/c1-10-34-33-29-25(6)26(7)30-28(27(29)8)19-21-31(9,32-30)20-13-18-24(5)17-12-16-23(4)15-11-14-22(2)3/h22-24,34H,10-21H2,1-9H3/t23-,24-,31-/m1/s1. The lowest BCUT2D eigenvalue weighted by Gasteiger charge is -2.38. The molecule has 4 atom stereocenters. The maximum absolute atomic E-state index is 6.77. The average molecular weight is 491 g/mol. The largest absolute Gasteiger partial charge is 0.487 e. The summed E-state index contributed by atoms with van der Waals surface area (Å²) in [5.74, 6) is 4.82. The van der Waals surface area contributed by atoms with E-state index in [-0.39, 0.29) is 5.60 Å². The highest BCUT2D eigenvalue weighted by atomic mass is 31.1. The summed E-state index contributed by atoms with van der Waals surface area (Å²) in [5, 5.41) is 0. The van der Waals surface area contributed by atoms with Crippen LogP contribution in [0.4, 0.5) is 0 Å². The lowest BCUT2D eigenvalue weighted by Crippen LogP contribution is -2.37. The monoisotopic (exact) mass is 490 g/mol. The number of hydrogen-bond acceptors (Lipinski definition) is 2. The lowest BCUT2D eigenvalue weighted by atomic mass is 9.84. The molecule has 2 nitrogen and oxygen atoms in total. The summed E-state index contributed by atoms with van der Waals surface area (Å²) in [7, 11) is 0.536. The second-order valence-corrected chi connectivity index (χ2v) is 13.2. The predicted molar refractivity (Wildman–Crippen MR) is 152 cm³/mol. The quantitative estimate of drug-likeness (QED) is 0.228. The van der Waals surface area contributed by atoms with Crippen LogP contribution in [-0.4, -0.2) is 11.8 Å². The van der Waals surface area contributed by atoms with Gasteiger partial charge in [-0.2, -0.15) is 0 Å². The molecule has 196 valence electrons. The summed E-state index contributed by atoms with van der Waals surface area (Å²) in [6, 6.07) is 0. The van der Waals surface area contributed by atoms with E-state index in [4.69, 9.17) is 9.26 Å². The fraction of sp³-hybridized carbons (Fsp3) is 0.806. The van der Waals surface area contributed by atoms with E-state index in [1.54, 1.807) is 0 Å². The van der Waals surface area contributed by atoms with E-state index in [0.717, 1.165) is 54.7 Å². The normalized spacial score (nSPS) is 19.9. The highest BCUT2D eigenvalue weighted by Gasteiger charge is 2.34. The fourth-order valence-corrected chi connectivity index (χ4v) is 6.15. The minimum atomic E-state index is -0.0329. The fourth-order valence-electron chi connectivity index (χ4n) is 5.56. The highest BCUT2D eigenvalue weighted by Crippen LogP contribution is 2.46. The van der Waals surface area contributed by atoms with Gasteiger partial charge in [0.1, 0.15) is 17.1 Å².